The molecule has 6 rings (SSSR count). The van der Waals surface area contributed by atoms with Crippen LogP contribution in [0.5, 0.6) is 0 Å². The van der Waals surface area contributed by atoms with Crippen LogP contribution in [-0.2, 0) is 9.53 Å². The Hall–Kier alpha value is -4.28. The van der Waals surface area contributed by atoms with E-state index in [4.69, 9.17) is 10.5 Å². The number of nitrogens with two attached hydrogens (primary N) is 1. The van der Waals surface area contributed by atoms with E-state index in [1.54, 1.807) is 6.20 Å². The van der Waals surface area contributed by atoms with Crippen molar-refractivity contribution in [2.24, 2.45) is 5.73 Å². The van der Waals surface area contributed by atoms with Gasteiger partial charge < -0.3 is 25.6 Å². The number of carbonyl (C=O) groups excluding carboxylic acids is 2. The average molecular weight is 527 g/mol. The van der Waals surface area contributed by atoms with Gasteiger partial charge in [-0.15, -0.1) is 0 Å². The molecule has 192 valence electrons. The minimum atomic E-state index is -0.442. The fourth-order valence-corrected chi connectivity index (χ4v) is 5.48. The van der Waals surface area contributed by atoms with Crippen LogP contribution in [0.2, 0.25) is 0 Å². The number of nitrogens with one attached hydrogen (secondary N) is 1. The van der Waals surface area contributed by atoms with Crippen LogP contribution in [0.15, 0.2) is 84.5 Å². The number of ether oxygens (including phenoxy) is 1. The molecule has 0 spiro atoms. The topological polar surface area (TPSA) is 106 Å². The number of amides is 2. The van der Waals surface area contributed by atoms with Crippen LogP contribution in [0, 0.1) is 0 Å². The van der Waals surface area contributed by atoms with Crippen LogP contribution in [0.25, 0.3) is 16.6 Å². The summed E-state index contributed by atoms with van der Waals surface area (Å²) in [6.45, 7) is 3.15. The van der Waals surface area contributed by atoms with E-state index in [1.165, 1.54) is 11.8 Å². The highest BCUT2D eigenvalue weighted by Crippen LogP contribution is 2.31. The fourth-order valence-electron chi connectivity index (χ4n) is 4.68. The lowest BCUT2D eigenvalue weighted by molar-refractivity contribution is -0.117. The highest BCUT2D eigenvalue weighted by molar-refractivity contribution is 8.03. The molecular formula is C28H26N6O3S. The summed E-state index contributed by atoms with van der Waals surface area (Å²) in [6, 6.07) is 21.2. The molecule has 3 heterocycles. The van der Waals surface area contributed by atoms with Crippen molar-refractivity contribution >= 4 is 51.5 Å². The van der Waals surface area contributed by atoms with Crippen molar-refractivity contribution in [3.63, 3.8) is 0 Å². The van der Waals surface area contributed by atoms with Crippen LogP contribution in [0.1, 0.15) is 10.4 Å². The van der Waals surface area contributed by atoms with Crippen molar-refractivity contribution in [1.82, 2.24) is 9.78 Å². The van der Waals surface area contributed by atoms with Gasteiger partial charge in [-0.3, -0.25) is 9.59 Å². The number of nitrogens with zero attached hydrogens (tertiary/aromatic N) is 4. The first-order chi connectivity index (χ1) is 18.6. The maximum absolute atomic E-state index is 12.9. The van der Waals surface area contributed by atoms with Gasteiger partial charge in [-0.05, 0) is 72.1 Å². The Bertz CT molecular complexity index is 1510. The smallest absolute Gasteiger partial charge is 0.255 e. The van der Waals surface area contributed by atoms with Gasteiger partial charge in [0.15, 0.2) is 5.37 Å². The molecule has 0 bridgehead atoms. The van der Waals surface area contributed by atoms with E-state index in [2.05, 4.69) is 15.3 Å². The summed E-state index contributed by atoms with van der Waals surface area (Å²) in [6.07, 6.45) is 3.63. The number of rotatable bonds is 6. The molecule has 3 N–H and O–H groups in total. The van der Waals surface area contributed by atoms with Gasteiger partial charge >= 0.3 is 0 Å². The Labute approximate surface area is 223 Å². The monoisotopic (exact) mass is 526 g/mol. The molecule has 3 aromatic carbocycles. The molecule has 0 aliphatic carbocycles. The quantitative estimate of drug-likeness (QED) is 0.392. The zero-order valence-electron chi connectivity index (χ0n) is 20.5. The highest BCUT2D eigenvalue weighted by atomic mass is 32.2. The van der Waals surface area contributed by atoms with E-state index in [9.17, 15) is 9.59 Å². The van der Waals surface area contributed by atoms with Gasteiger partial charge in [0.1, 0.15) is 0 Å². The number of benzene rings is 3. The normalized spacial score (nSPS) is 17.2. The Morgan fingerprint density at radius 1 is 0.947 bits per heavy atom. The number of hydrogen-bond acceptors (Lipinski definition) is 7. The van der Waals surface area contributed by atoms with E-state index < -0.39 is 5.37 Å². The summed E-state index contributed by atoms with van der Waals surface area (Å²) < 4.78 is 7.25. The number of carbonyl (C=O) groups is 2. The predicted octanol–water partition coefficient (Wildman–Crippen LogP) is 3.95. The zero-order chi connectivity index (χ0) is 26.1. The Morgan fingerprint density at radius 3 is 2.39 bits per heavy atom. The summed E-state index contributed by atoms with van der Waals surface area (Å²) in [7, 11) is 0. The molecule has 2 aliphatic rings. The first-order valence-electron chi connectivity index (χ1n) is 12.3. The second-order valence-electron chi connectivity index (χ2n) is 9.03. The van der Waals surface area contributed by atoms with Crippen molar-refractivity contribution in [3.05, 3.63) is 90.1 Å². The molecule has 1 unspecified atom stereocenters. The summed E-state index contributed by atoms with van der Waals surface area (Å²) in [5.41, 5.74) is 10.6. The van der Waals surface area contributed by atoms with Gasteiger partial charge in [0.05, 0.1) is 30.6 Å². The third kappa shape index (κ3) is 4.71. The van der Waals surface area contributed by atoms with E-state index in [1.807, 2.05) is 87.9 Å². The van der Waals surface area contributed by atoms with Crippen molar-refractivity contribution in [2.45, 2.75) is 5.37 Å². The number of anilines is 3. The minimum absolute atomic E-state index is 0.163. The first-order valence-corrected chi connectivity index (χ1v) is 13.2. The van der Waals surface area contributed by atoms with E-state index in [-0.39, 0.29) is 11.8 Å². The van der Waals surface area contributed by atoms with Gasteiger partial charge in [-0.1, -0.05) is 11.8 Å². The number of aromatic nitrogens is 2. The molecule has 2 amide bonds. The lowest BCUT2D eigenvalue weighted by Gasteiger charge is -2.28. The third-order valence-corrected chi connectivity index (χ3v) is 7.65. The molecule has 1 fully saturated rings. The second-order valence-corrected chi connectivity index (χ2v) is 10.0. The molecule has 4 aromatic rings. The number of fused-ring (bicyclic) bond motifs is 1. The summed E-state index contributed by atoms with van der Waals surface area (Å²) in [5, 5.41) is 9.87. The first kappa shape index (κ1) is 24.1. The van der Waals surface area contributed by atoms with Gasteiger partial charge in [-0.25, -0.2) is 4.68 Å². The lowest BCUT2D eigenvalue weighted by atomic mass is 10.1. The van der Waals surface area contributed by atoms with Crippen LogP contribution in [0.3, 0.4) is 0 Å². The molecule has 0 saturated carbocycles. The van der Waals surface area contributed by atoms with E-state index in [0.717, 1.165) is 54.3 Å². The van der Waals surface area contributed by atoms with Crippen molar-refractivity contribution in [2.75, 3.05) is 41.4 Å². The zero-order valence-corrected chi connectivity index (χ0v) is 21.3. The summed E-state index contributed by atoms with van der Waals surface area (Å²) in [5.74, 6) is -0.542. The Balaban J connectivity index is 1.16. The standard InChI is InChI=1S/C28H26N6O3S/c29-26(35)28-33(13-16-38-28)23-6-8-24(9-7-23)34-25-10-3-21(17-20(25)18-30-34)31-27(36)19-1-4-22(5-2-19)32-11-14-37-15-12-32/h1-10,13,16-18,28H,11-12,14-15H2,(H2,29,35)(H,31,36). The van der Waals surface area contributed by atoms with Gasteiger partial charge in [0.25, 0.3) is 11.8 Å². The largest absolute Gasteiger partial charge is 0.378 e. The molecule has 1 atom stereocenters. The number of hydrogen-bond donors (Lipinski definition) is 2. The molecule has 1 saturated heterocycles. The lowest BCUT2D eigenvalue weighted by Crippen LogP contribution is -2.36. The molecular weight excluding hydrogens is 500 g/mol. The fraction of sp³-hybridized carbons (Fsp3) is 0.179. The maximum Gasteiger partial charge on any atom is 0.255 e. The summed E-state index contributed by atoms with van der Waals surface area (Å²) in [4.78, 5) is 28.7. The SMILES string of the molecule is NC(=O)C1SC=CN1c1ccc(-n2ncc3cc(NC(=O)c4ccc(N5CCOCC5)cc4)ccc32)cc1. The van der Waals surface area contributed by atoms with Crippen LogP contribution in [-0.4, -0.2) is 53.3 Å². The van der Waals surface area contributed by atoms with Crippen molar-refractivity contribution in [1.29, 1.82) is 0 Å². The summed E-state index contributed by atoms with van der Waals surface area (Å²) >= 11 is 1.38. The molecule has 0 radical (unpaired) electrons. The maximum atomic E-state index is 12.9. The number of morpholine rings is 1. The highest BCUT2D eigenvalue weighted by Gasteiger charge is 2.26. The van der Waals surface area contributed by atoms with E-state index in [0.29, 0.717) is 11.3 Å². The van der Waals surface area contributed by atoms with Crippen LogP contribution < -0.4 is 20.9 Å². The molecule has 9 nitrogen and oxygen atoms in total. The molecule has 1 aromatic heterocycles. The molecule has 38 heavy (non-hydrogen) atoms. The minimum Gasteiger partial charge on any atom is -0.378 e. The average Bonchev–Trinajstić information content (AvgIpc) is 3.61. The second kappa shape index (κ2) is 10.2. The van der Waals surface area contributed by atoms with Gasteiger partial charge in [-0.2, -0.15) is 5.10 Å². The predicted molar refractivity (Wildman–Crippen MR) is 151 cm³/mol. The van der Waals surface area contributed by atoms with Gasteiger partial charge in [0.2, 0.25) is 0 Å². The number of thioether (sulfide) groups is 1. The number of primary amides is 1. The van der Waals surface area contributed by atoms with Crippen molar-refractivity contribution in [3.8, 4) is 5.69 Å². The van der Waals surface area contributed by atoms with Gasteiger partial charge in [0, 0.05) is 47.3 Å². The van der Waals surface area contributed by atoms with E-state index >= 15 is 0 Å². The van der Waals surface area contributed by atoms with Crippen molar-refractivity contribution < 1.29 is 14.3 Å². The molecule has 2 aliphatic heterocycles. The van der Waals surface area contributed by atoms with Crippen LogP contribution >= 0.6 is 11.8 Å². The van der Waals surface area contributed by atoms with Crippen LogP contribution in [0.4, 0.5) is 17.1 Å². The molecule has 10 heteroatoms. The Morgan fingerprint density at radius 2 is 1.66 bits per heavy atom. The Kier molecular flexibility index (Phi) is 6.48. The third-order valence-electron chi connectivity index (χ3n) is 6.65.